The highest BCUT2D eigenvalue weighted by Crippen LogP contribution is 2.31. The minimum absolute atomic E-state index is 0.00920. The molecule has 0 unspecified atom stereocenters. The zero-order valence-electron chi connectivity index (χ0n) is 17.1. The van der Waals surface area contributed by atoms with Gasteiger partial charge < -0.3 is 0 Å². The fourth-order valence-electron chi connectivity index (χ4n) is 3.44. The number of halogens is 1. The predicted molar refractivity (Wildman–Crippen MR) is 130 cm³/mol. The molecular weight excluding hydrogens is 470 g/mol. The summed E-state index contributed by atoms with van der Waals surface area (Å²) in [4.78, 5) is 24.1. The second-order valence-electron chi connectivity index (χ2n) is 7.12. The van der Waals surface area contributed by atoms with Gasteiger partial charge in [0.25, 0.3) is 11.6 Å². The van der Waals surface area contributed by atoms with Gasteiger partial charge in [-0.25, -0.2) is 0 Å². The van der Waals surface area contributed by atoms with Crippen LogP contribution in [0.5, 0.6) is 0 Å². The van der Waals surface area contributed by atoms with E-state index in [2.05, 4.69) is 21.0 Å². The lowest BCUT2D eigenvalue weighted by Gasteiger charge is -2.13. The summed E-state index contributed by atoms with van der Waals surface area (Å²) in [5, 5.41) is 17.0. The number of carbonyl (C=O) groups is 1. The van der Waals surface area contributed by atoms with Crippen molar-refractivity contribution in [2.75, 3.05) is 5.01 Å². The van der Waals surface area contributed by atoms with Gasteiger partial charge >= 0.3 is 0 Å². The third-order valence-electron chi connectivity index (χ3n) is 4.97. The van der Waals surface area contributed by atoms with Gasteiger partial charge in [-0.15, -0.1) is 0 Å². The largest absolute Gasteiger partial charge is 0.281 e. The molecule has 0 atom stereocenters. The van der Waals surface area contributed by atoms with E-state index in [1.165, 1.54) is 17.1 Å². The van der Waals surface area contributed by atoms with Crippen molar-refractivity contribution >= 4 is 50.6 Å². The van der Waals surface area contributed by atoms with Crippen LogP contribution in [0.25, 0.3) is 11.6 Å². The van der Waals surface area contributed by atoms with Crippen LogP contribution in [0.1, 0.15) is 18.1 Å². The maximum Gasteiger partial charge on any atom is 0.281 e. The Bertz CT molecular complexity index is 1280. The standard InChI is InChI=1S/C25H18BrN3O3/c1-17-24(25(30)28(27-17)21-7-3-2-4-8-21)23(19-11-13-20(26)14-12-19)15-10-18-6-5-9-22(16-18)29(31)32/h2-16H,1H3. The monoisotopic (exact) mass is 487 g/mol. The molecule has 0 aromatic heterocycles. The fourth-order valence-corrected chi connectivity index (χ4v) is 3.70. The maximum atomic E-state index is 13.4. The summed E-state index contributed by atoms with van der Waals surface area (Å²) in [7, 11) is 0. The van der Waals surface area contributed by atoms with Crippen LogP contribution in [0.15, 0.2) is 100 Å². The summed E-state index contributed by atoms with van der Waals surface area (Å²) in [6.45, 7) is 1.80. The Morgan fingerprint density at radius 2 is 1.75 bits per heavy atom. The minimum atomic E-state index is -0.430. The highest BCUT2D eigenvalue weighted by atomic mass is 79.9. The molecule has 4 rings (SSSR count). The van der Waals surface area contributed by atoms with E-state index in [4.69, 9.17) is 0 Å². The first-order valence-corrected chi connectivity index (χ1v) is 10.6. The number of carbonyl (C=O) groups excluding carboxylic acids is 1. The van der Waals surface area contributed by atoms with Crippen molar-refractivity contribution in [1.82, 2.24) is 0 Å². The molecular formula is C25H18BrN3O3. The molecule has 0 aliphatic carbocycles. The summed E-state index contributed by atoms with van der Waals surface area (Å²) >= 11 is 3.44. The summed E-state index contributed by atoms with van der Waals surface area (Å²) < 4.78 is 0.919. The molecule has 32 heavy (non-hydrogen) atoms. The molecule has 158 valence electrons. The molecule has 0 bridgehead atoms. The molecule has 6 nitrogen and oxygen atoms in total. The van der Waals surface area contributed by atoms with Crippen molar-refractivity contribution in [3.8, 4) is 0 Å². The molecule has 0 saturated carbocycles. The highest BCUT2D eigenvalue weighted by molar-refractivity contribution is 9.10. The van der Waals surface area contributed by atoms with E-state index in [1.807, 2.05) is 60.7 Å². The van der Waals surface area contributed by atoms with Crippen molar-refractivity contribution in [3.63, 3.8) is 0 Å². The van der Waals surface area contributed by atoms with Gasteiger partial charge in [-0.1, -0.05) is 70.5 Å². The van der Waals surface area contributed by atoms with Crippen LogP contribution in [0, 0.1) is 10.1 Å². The number of nitro benzene ring substituents is 1. The Balaban J connectivity index is 1.81. The summed E-state index contributed by atoms with van der Waals surface area (Å²) in [6.07, 6.45) is 3.58. The van der Waals surface area contributed by atoms with Gasteiger partial charge in [-0.2, -0.15) is 10.1 Å². The quantitative estimate of drug-likeness (QED) is 0.242. The SMILES string of the molecule is CC1=NN(c2ccccc2)C(=O)C1=C(C=Cc1cccc([N+](=O)[O-])c1)c1ccc(Br)cc1. The zero-order chi connectivity index (χ0) is 22.7. The van der Waals surface area contributed by atoms with E-state index in [0.717, 1.165) is 10.0 Å². The molecule has 3 aromatic rings. The average molecular weight is 488 g/mol. The Morgan fingerprint density at radius 3 is 2.44 bits per heavy atom. The second kappa shape index (κ2) is 9.11. The number of benzene rings is 3. The minimum Gasteiger partial charge on any atom is -0.267 e. The van der Waals surface area contributed by atoms with Gasteiger partial charge in [-0.05, 0) is 47.9 Å². The molecule has 1 amide bonds. The van der Waals surface area contributed by atoms with E-state index in [1.54, 1.807) is 25.1 Å². The van der Waals surface area contributed by atoms with Gasteiger partial charge in [0.05, 0.1) is 21.9 Å². The summed E-state index contributed by atoms with van der Waals surface area (Å²) in [6, 6.07) is 23.2. The van der Waals surface area contributed by atoms with Crippen LogP contribution in [-0.2, 0) is 4.79 Å². The lowest BCUT2D eigenvalue weighted by molar-refractivity contribution is -0.384. The van der Waals surface area contributed by atoms with Crippen LogP contribution < -0.4 is 5.01 Å². The highest BCUT2D eigenvalue weighted by Gasteiger charge is 2.31. The number of nitro groups is 1. The molecule has 0 saturated heterocycles. The summed E-state index contributed by atoms with van der Waals surface area (Å²) in [5.74, 6) is -0.227. The zero-order valence-corrected chi connectivity index (χ0v) is 18.7. The number of para-hydroxylation sites is 1. The topological polar surface area (TPSA) is 75.8 Å². The Hall–Kier alpha value is -3.84. The van der Waals surface area contributed by atoms with Crippen LogP contribution in [-0.4, -0.2) is 16.5 Å². The number of non-ortho nitro benzene ring substituents is 1. The van der Waals surface area contributed by atoms with Crippen molar-refractivity contribution in [3.05, 3.63) is 116 Å². The van der Waals surface area contributed by atoms with Crippen LogP contribution in [0.4, 0.5) is 11.4 Å². The molecule has 0 spiro atoms. The molecule has 1 aliphatic rings. The van der Waals surface area contributed by atoms with Gasteiger partial charge in [0.15, 0.2) is 0 Å². The normalized spacial score (nSPS) is 15.2. The summed E-state index contributed by atoms with van der Waals surface area (Å²) in [5.41, 5.74) is 3.96. The van der Waals surface area contributed by atoms with Gasteiger partial charge in [-0.3, -0.25) is 14.9 Å². The Morgan fingerprint density at radius 1 is 1.03 bits per heavy atom. The van der Waals surface area contributed by atoms with E-state index >= 15 is 0 Å². The second-order valence-corrected chi connectivity index (χ2v) is 8.03. The molecule has 0 radical (unpaired) electrons. The lowest BCUT2D eigenvalue weighted by Crippen LogP contribution is -2.21. The first-order valence-electron chi connectivity index (χ1n) is 9.82. The number of rotatable bonds is 5. The molecule has 1 aliphatic heterocycles. The number of nitrogens with zero attached hydrogens (tertiary/aromatic N) is 3. The smallest absolute Gasteiger partial charge is 0.267 e. The Kier molecular flexibility index (Phi) is 6.09. The van der Waals surface area contributed by atoms with Crippen molar-refractivity contribution < 1.29 is 9.72 Å². The number of hydrogen-bond donors (Lipinski definition) is 0. The first-order chi connectivity index (χ1) is 15.4. The van der Waals surface area contributed by atoms with E-state index in [9.17, 15) is 14.9 Å². The van der Waals surface area contributed by atoms with E-state index in [-0.39, 0.29) is 11.6 Å². The van der Waals surface area contributed by atoms with Crippen LogP contribution in [0.2, 0.25) is 0 Å². The number of hydrogen-bond acceptors (Lipinski definition) is 4. The van der Waals surface area contributed by atoms with Crippen molar-refractivity contribution in [1.29, 1.82) is 0 Å². The third-order valence-corrected chi connectivity index (χ3v) is 5.50. The van der Waals surface area contributed by atoms with Gasteiger partial charge in [0.1, 0.15) is 0 Å². The Labute approximate surface area is 193 Å². The van der Waals surface area contributed by atoms with Gasteiger partial charge in [0, 0.05) is 16.6 Å². The predicted octanol–water partition coefficient (Wildman–Crippen LogP) is 6.25. The number of amides is 1. The number of hydrazone groups is 1. The number of allylic oxidation sites excluding steroid dienone is 2. The van der Waals surface area contributed by atoms with Gasteiger partial charge in [0.2, 0.25) is 0 Å². The lowest BCUT2D eigenvalue weighted by atomic mass is 9.96. The van der Waals surface area contributed by atoms with Crippen LogP contribution in [0.3, 0.4) is 0 Å². The molecule has 7 heteroatoms. The van der Waals surface area contributed by atoms with E-state index in [0.29, 0.717) is 28.1 Å². The third kappa shape index (κ3) is 4.43. The van der Waals surface area contributed by atoms with E-state index < -0.39 is 4.92 Å². The molecule has 3 aromatic carbocycles. The average Bonchev–Trinajstić information content (AvgIpc) is 3.10. The molecule has 0 fully saturated rings. The molecule has 0 N–H and O–H groups in total. The van der Waals surface area contributed by atoms with Crippen LogP contribution >= 0.6 is 15.9 Å². The van der Waals surface area contributed by atoms with Crippen molar-refractivity contribution in [2.24, 2.45) is 5.10 Å². The van der Waals surface area contributed by atoms with Crippen molar-refractivity contribution in [2.45, 2.75) is 6.92 Å². The molecule has 1 heterocycles. The first kappa shape index (κ1) is 21.4. The maximum absolute atomic E-state index is 13.4. The number of anilines is 1. The fraction of sp³-hybridized carbons (Fsp3) is 0.0400.